The molecule has 4 nitrogen and oxygen atoms in total. The predicted octanol–water partition coefficient (Wildman–Crippen LogP) is 5.08. The van der Waals surface area contributed by atoms with Crippen LogP contribution in [-0.2, 0) is 10.0 Å². The lowest BCUT2D eigenvalue weighted by Gasteiger charge is -2.08. The molecule has 0 saturated heterocycles. The van der Waals surface area contributed by atoms with Gasteiger partial charge in [0.2, 0.25) is 0 Å². The van der Waals surface area contributed by atoms with E-state index in [2.05, 4.69) is 9.71 Å². The molecule has 0 spiro atoms. The smallest absolute Gasteiger partial charge is 0.263 e. The number of benzene rings is 1. The first-order chi connectivity index (χ1) is 11.3. The van der Waals surface area contributed by atoms with Gasteiger partial charge in [-0.25, -0.2) is 17.8 Å². The fraction of sp³-hybridized carbons (Fsp3) is 0.133. The van der Waals surface area contributed by atoms with Crippen LogP contribution in [0.15, 0.2) is 34.5 Å². The van der Waals surface area contributed by atoms with E-state index in [4.69, 9.17) is 11.6 Å². The lowest BCUT2D eigenvalue weighted by molar-refractivity contribution is 0.601. The summed E-state index contributed by atoms with van der Waals surface area (Å²) in [6, 6.07) is 5.28. The third-order valence-electron chi connectivity index (χ3n) is 3.16. The first-order valence-electron chi connectivity index (χ1n) is 6.77. The van der Waals surface area contributed by atoms with Gasteiger partial charge >= 0.3 is 0 Å². The summed E-state index contributed by atoms with van der Waals surface area (Å²) in [5, 5.41) is 2.56. The lowest BCUT2D eigenvalue weighted by Crippen LogP contribution is -2.13. The summed E-state index contributed by atoms with van der Waals surface area (Å²) in [5.41, 5.74) is 1.10. The van der Waals surface area contributed by atoms with Crippen molar-refractivity contribution < 1.29 is 12.8 Å². The Bertz CT molecular complexity index is 1010. The molecule has 0 unspecified atom stereocenters. The average Bonchev–Trinajstić information content (AvgIpc) is 3.09. The largest absolute Gasteiger partial charge is 0.280 e. The maximum absolute atomic E-state index is 13.2. The third kappa shape index (κ3) is 3.46. The van der Waals surface area contributed by atoms with Crippen molar-refractivity contribution in [2.24, 2.45) is 0 Å². The van der Waals surface area contributed by atoms with Gasteiger partial charge < -0.3 is 0 Å². The second-order valence-corrected chi connectivity index (χ2v) is 9.23. The van der Waals surface area contributed by atoms with E-state index in [9.17, 15) is 12.8 Å². The molecule has 0 saturated carbocycles. The summed E-state index contributed by atoms with van der Waals surface area (Å²) in [7, 11) is -3.80. The molecule has 0 fully saturated rings. The number of hydrogen-bond donors (Lipinski definition) is 1. The summed E-state index contributed by atoms with van der Waals surface area (Å²) in [6.45, 7) is 3.62. The first kappa shape index (κ1) is 17.3. The fourth-order valence-corrected chi connectivity index (χ4v) is 5.76. The van der Waals surface area contributed by atoms with Crippen molar-refractivity contribution in [3.8, 4) is 9.88 Å². The molecule has 2 heterocycles. The van der Waals surface area contributed by atoms with E-state index in [1.165, 1.54) is 34.8 Å². The molecular weight excluding hydrogens is 391 g/mol. The fourth-order valence-electron chi connectivity index (χ4n) is 2.07. The Labute approximate surface area is 152 Å². The van der Waals surface area contributed by atoms with Gasteiger partial charge in [-0.1, -0.05) is 11.6 Å². The molecule has 3 rings (SSSR count). The van der Waals surface area contributed by atoms with Crippen molar-refractivity contribution in [3.63, 3.8) is 0 Å². The first-order valence-corrected chi connectivity index (χ1v) is 10.3. The maximum Gasteiger partial charge on any atom is 0.263 e. The van der Waals surface area contributed by atoms with Crippen molar-refractivity contribution in [2.45, 2.75) is 18.7 Å². The molecule has 1 aromatic carbocycles. The van der Waals surface area contributed by atoms with Crippen LogP contribution in [0.5, 0.6) is 0 Å². The van der Waals surface area contributed by atoms with Gasteiger partial charge in [-0.3, -0.25) is 4.72 Å². The van der Waals surface area contributed by atoms with E-state index >= 15 is 0 Å². The summed E-state index contributed by atoms with van der Waals surface area (Å²) >= 11 is 8.53. The van der Waals surface area contributed by atoms with E-state index < -0.39 is 15.8 Å². The molecule has 3 aromatic rings. The van der Waals surface area contributed by atoms with E-state index in [-0.39, 0.29) is 15.6 Å². The van der Waals surface area contributed by atoms with Crippen LogP contribution in [0.3, 0.4) is 0 Å². The molecule has 2 aromatic heterocycles. The number of thiazole rings is 1. The molecule has 0 amide bonds. The van der Waals surface area contributed by atoms with Gasteiger partial charge in [0.25, 0.3) is 10.0 Å². The van der Waals surface area contributed by atoms with Crippen molar-refractivity contribution >= 4 is 50.0 Å². The molecule has 0 radical (unpaired) electrons. The van der Waals surface area contributed by atoms with Crippen LogP contribution in [0.1, 0.15) is 10.6 Å². The number of nitrogens with zero attached hydrogens (tertiary/aromatic N) is 1. The lowest BCUT2D eigenvalue weighted by atomic mass is 10.3. The zero-order chi connectivity index (χ0) is 17.5. The molecule has 0 aliphatic carbocycles. The van der Waals surface area contributed by atoms with E-state index in [0.717, 1.165) is 21.6 Å². The molecule has 0 aliphatic rings. The van der Waals surface area contributed by atoms with Crippen molar-refractivity contribution in [1.29, 1.82) is 0 Å². The zero-order valence-corrected chi connectivity index (χ0v) is 15.8. The summed E-state index contributed by atoms with van der Waals surface area (Å²) in [6.07, 6.45) is 0. The second-order valence-electron chi connectivity index (χ2n) is 5.06. The number of nitrogens with one attached hydrogen (secondary N) is 1. The highest BCUT2D eigenvalue weighted by Gasteiger charge is 2.22. The SMILES string of the molecule is Cc1csc(-c2cc(S(=O)(=O)Nc3ccc(F)c(Cl)c3)c(C)s2)n1. The summed E-state index contributed by atoms with van der Waals surface area (Å²) in [4.78, 5) is 6.00. The number of aromatic nitrogens is 1. The van der Waals surface area contributed by atoms with Gasteiger partial charge in [-0.05, 0) is 38.1 Å². The van der Waals surface area contributed by atoms with Crippen molar-refractivity contribution in [2.75, 3.05) is 4.72 Å². The van der Waals surface area contributed by atoms with Crippen LogP contribution in [0.25, 0.3) is 9.88 Å². The molecule has 0 aliphatic heterocycles. The molecule has 24 heavy (non-hydrogen) atoms. The van der Waals surface area contributed by atoms with Crippen LogP contribution in [-0.4, -0.2) is 13.4 Å². The highest BCUT2D eigenvalue weighted by atomic mass is 35.5. The minimum absolute atomic E-state index is 0.142. The zero-order valence-electron chi connectivity index (χ0n) is 12.6. The normalized spacial score (nSPS) is 11.7. The molecule has 9 heteroatoms. The Morgan fingerprint density at radius 3 is 2.62 bits per heavy atom. The van der Waals surface area contributed by atoms with Gasteiger partial charge in [-0.2, -0.15) is 0 Å². The minimum atomic E-state index is -3.80. The molecule has 1 N–H and O–H groups in total. The number of rotatable bonds is 4. The Balaban J connectivity index is 1.95. The van der Waals surface area contributed by atoms with Crippen molar-refractivity contribution in [3.05, 3.63) is 51.1 Å². The quantitative estimate of drug-likeness (QED) is 0.661. The Morgan fingerprint density at radius 2 is 2.00 bits per heavy atom. The number of anilines is 1. The Kier molecular flexibility index (Phi) is 4.65. The topological polar surface area (TPSA) is 59.1 Å². The van der Waals surface area contributed by atoms with Crippen LogP contribution in [0, 0.1) is 19.7 Å². The Hall–Kier alpha value is -1.48. The number of sulfonamides is 1. The highest BCUT2D eigenvalue weighted by molar-refractivity contribution is 7.93. The average molecular weight is 403 g/mol. The highest BCUT2D eigenvalue weighted by Crippen LogP contribution is 2.36. The van der Waals surface area contributed by atoms with E-state index in [1.54, 1.807) is 13.0 Å². The number of halogens is 2. The van der Waals surface area contributed by atoms with Gasteiger partial charge in [0.15, 0.2) is 0 Å². The van der Waals surface area contributed by atoms with Gasteiger partial charge in [0.05, 0.1) is 15.6 Å². The second kappa shape index (κ2) is 6.44. The Morgan fingerprint density at radius 1 is 1.25 bits per heavy atom. The maximum atomic E-state index is 13.2. The van der Waals surface area contributed by atoms with Gasteiger partial charge in [-0.15, -0.1) is 22.7 Å². The van der Waals surface area contributed by atoms with Crippen LogP contribution in [0.2, 0.25) is 5.02 Å². The van der Waals surface area contributed by atoms with Crippen LogP contribution < -0.4 is 4.72 Å². The number of hydrogen-bond acceptors (Lipinski definition) is 5. The van der Waals surface area contributed by atoms with Gasteiger partial charge in [0.1, 0.15) is 15.7 Å². The van der Waals surface area contributed by atoms with Crippen molar-refractivity contribution in [1.82, 2.24) is 4.98 Å². The number of thiophene rings is 1. The predicted molar refractivity (Wildman–Crippen MR) is 97.1 cm³/mol. The van der Waals surface area contributed by atoms with E-state index in [0.29, 0.717) is 4.88 Å². The number of aryl methyl sites for hydroxylation is 2. The van der Waals surface area contributed by atoms with E-state index in [1.807, 2.05) is 12.3 Å². The monoisotopic (exact) mass is 402 g/mol. The van der Waals surface area contributed by atoms with Crippen LogP contribution >= 0.6 is 34.3 Å². The molecule has 0 atom stereocenters. The van der Waals surface area contributed by atoms with Gasteiger partial charge in [0, 0.05) is 16.0 Å². The standard InChI is InChI=1S/C15H12ClFN2O2S3/c1-8-7-22-15(18-8)13-6-14(9(2)23-13)24(20,21)19-10-3-4-12(17)11(16)5-10/h3-7,19H,1-2H3. The van der Waals surface area contributed by atoms with Crippen LogP contribution in [0.4, 0.5) is 10.1 Å². The minimum Gasteiger partial charge on any atom is -0.280 e. The molecule has 126 valence electrons. The summed E-state index contributed by atoms with van der Waals surface area (Å²) < 4.78 is 40.8. The molecular formula is C15H12ClFN2O2S3. The summed E-state index contributed by atoms with van der Waals surface area (Å²) in [5.74, 6) is -0.604. The molecule has 0 bridgehead atoms. The third-order valence-corrected chi connectivity index (χ3v) is 7.27.